The maximum Gasteiger partial charge on any atom is 0.410 e. The van der Waals surface area contributed by atoms with E-state index in [1.54, 1.807) is 4.90 Å². The quantitative estimate of drug-likeness (QED) is 0.751. The molecule has 2 atom stereocenters. The molecule has 0 spiro atoms. The Morgan fingerprint density at radius 3 is 2.71 bits per heavy atom. The second-order valence-corrected chi connectivity index (χ2v) is 5.50. The highest BCUT2D eigenvalue weighted by atomic mass is 16.6. The fourth-order valence-corrected chi connectivity index (χ4v) is 1.89. The van der Waals surface area contributed by atoms with Crippen LogP contribution in [0, 0.1) is 17.2 Å². The molecule has 0 aliphatic carbocycles. The normalized spacial score (nSPS) is 25.2. The van der Waals surface area contributed by atoms with E-state index in [0.29, 0.717) is 19.5 Å². The van der Waals surface area contributed by atoms with E-state index < -0.39 is 5.60 Å². The molecule has 1 rings (SSSR count). The molecule has 0 aromatic carbocycles. The van der Waals surface area contributed by atoms with E-state index >= 15 is 0 Å². The molecular formula is C12H21N3O2. The molecule has 1 fully saturated rings. The minimum absolute atomic E-state index is 0.129. The lowest BCUT2D eigenvalue weighted by Gasteiger charge is -2.36. The maximum atomic E-state index is 11.8. The van der Waals surface area contributed by atoms with Gasteiger partial charge in [-0.1, -0.05) is 0 Å². The monoisotopic (exact) mass is 239 g/mol. The van der Waals surface area contributed by atoms with Gasteiger partial charge in [-0.05, 0) is 33.1 Å². The molecule has 2 unspecified atom stereocenters. The predicted octanol–water partition coefficient (Wildman–Crippen LogP) is 1.48. The van der Waals surface area contributed by atoms with Gasteiger partial charge in [0, 0.05) is 25.6 Å². The Kier molecular flexibility index (Phi) is 4.35. The topological polar surface area (TPSA) is 79.3 Å². The molecule has 5 heteroatoms. The molecule has 0 radical (unpaired) electrons. The Morgan fingerprint density at radius 1 is 1.59 bits per heavy atom. The van der Waals surface area contributed by atoms with Crippen molar-refractivity contribution in [2.45, 2.75) is 45.3 Å². The van der Waals surface area contributed by atoms with E-state index in [-0.39, 0.29) is 18.1 Å². The van der Waals surface area contributed by atoms with Crippen LogP contribution < -0.4 is 5.73 Å². The predicted molar refractivity (Wildman–Crippen MR) is 64.1 cm³/mol. The summed E-state index contributed by atoms with van der Waals surface area (Å²) in [5.74, 6) is 0.193. The maximum absolute atomic E-state index is 11.8. The van der Waals surface area contributed by atoms with Gasteiger partial charge in [0.2, 0.25) is 0 Å². The van der Waals surface area contributed by atoms with Crippen LogP contribution in [0.15, 0.2) is 0 Å². The van der Waals surface area contributed by atoms with E-state index in [9.17, 15) is 4.79 Å². The van der Waals surface area contributed by atoms with Crippen molar-refractivity contribution in [3.8, 4) is 6.07 Å². The summed E-state index contributed by atoms with van der Waals surface area (Å²) < 4.78 is 5.29. The number of ether oxygens (including phenoxy) is 1. The first kappa shape index (κ1) is 13.8. The molecule has 0 saturated carbocycles. The summed E-state index contributed by atoms with van der Waals surface area (Å²) in [7, 11) is 0. The SMILES string of the molecule is CC(C)(C)OC(=O)N1CCC(CC#N)C(N)C1. The Bertz CT molecular complexity index is 317. The van der Waals surface area contributed by atoms with Crippen LogP contribution in [-0.2, 0) is 4.74 Å². The van der Waals surface area contributed by atoms with Gasteiger partial charge in [-0.3, -0.25) is 0 Å². The van der Waals surface area contributed by atoms with Gasteiger partial charge in [0.25, 0.3) is 0 Å². The Balaban J connectivity index is 2.50. The summed E-state index contributed by atoms with van der Waals surface area (Å²) in [5, 5.41) is 8.65. The zero-order valence-electron chi connectivity index (χ0n) is 10.8. The molecule has 0 aromatic rings. The fraction of sp³-hybridized carbons (Fsp3) is 0.833. The van der Waals surface area contributed by atoms with Gasteiger partial charge in [-0.25, -0.2) is 4.79 Å². The van der Waals surface area contributed by atoms with Crippen molar-refractivity contribution in [1.82, 2.24) is 4.90 Å². The standard InChI is InChI=1S/C12H21N3O2/c1-12(2,3)17-11(16)15-7-5-9(4-6-13)10(14)8-15/h9-10H,4-5,7-8,14H2,1-3H3. The van der Waals surface area contributed by atoms with Gasteiger partial charge in [0.05, 0.1) is 6.07 Å². The first-order valence-electron chi connectivity index (χ1n) is 5.94. The van der Waals surface area contributed by atoms with E-state index in [1.807, 2.05) is 20.8 Å². The van der Waals surface area contributed by atoms with Crippen molar-refractivity contribution in [3.63, 3.8) is 0 Å². The van der Waals surface area contributed by atoms with Gasteiger partial charge < -0.3 is 15.4 Å². The lowest BCUT2D eigenvalue weighted by molar-refractivity contribution is 0.0162. The number of rotatable bonds is 1. The molecule has 2 N–H and O–H groups in total. The molecule has 1 amide bonds. The first-order chi connectivity index (χ1) is 7.83. The number of carbonyl (C=O) groups excluding carboxylic acids is 1. The average Bonchev–Trinajstić information content (AvgIpc) is 2.18. The summed E-state index contributed by atoms with van der Waals surface area (Å²) >= 11 is 0. The lowest BCUT2D eigenvalue weighted by atomic mass is 9.90. The van der Waals surface area contributed by atoms with Crippen LogP contribution in [0.1, 0.15) is 33.6 Å². The average molecular weight is 239 g/mol. The summed E-state index contributed by atoms with van der Waals surface area (Å²) in [5.41, 5.74) is 5.47. The van der Waals surface area contributed by atoms with Gasteiger partial charge >= 0.3 is 6.09 Å². The zero-order valence-corrected chi connectivity index (χ0v) is 10.8. The van der Waals surface area contributed by atoms with Gasteiger partial charge in [0.15, 0.2) is 0 Å². The summed E-state index contributed by atoms with van der Waals surface area (Å²) in [4.78, 5) is 13.4. The third-order valence-electron chi connectivity index (χ3n) is 2.81. The number of likely N-dealkylation sites (tertiary alicyclic amines) is 1. The third-order valence-corrected chi connectivity index (χ3v) is 2.81. The zero-order chi connectivity index (χ0) is 13.1. The molecular weight excluding hydrogens is 218 g/mol. The first-order valence-corrected chi connectivity index (χ1v) is 5.94. The second-order valence-electron chi connectivity index (χ2n) is 5.50. The van der Waals surface area contributed by atoms with Crippen molar-refractivity contribution in [2.24, 2.45) is 11.7 Å². The van der Waals surface area contributed by atoms with Crippen molar-refractivity contribution >= 4 is 6.09 Å². The Morgan fingerprint density at radius 2 is 2.24 bits per heavy atom. The van der Waals surface area contributed by atoms with Crippen LogP contribution in [0.25, 0.3) is 0 Å². The minimum atomic E-state index is -0.481. The molecule has 96 valence electrons. The van der Waals surface area contributed by atoms with Crippen LogP contribution in [0.2, 0.25) is 0 Å². The van der Waals surface area contributed by atoms with Crippen molar-refractivity contribution in [3.05, 3.63) is 0 Å². The van der Waals surface area contributed by atoms with Crippen LogP contribution in [0.4, 0.5) is 4.79 Å². The number of piperidine rings is 1. The molecule has 5 nitrogen and oxygen atoms in total. The largest absolute Gasteiger partial charge is 0.444 e. The molecule has 1 aliphatic rings. The molecule has 1 saturated heterocycles. The summed E-state index contributed by atoms with van der Waals surface area (Å²) in [6.45, 7) is 6.62. The molecule has 17 heavy (non-hydrogen) atoms. The number of nitrogens with two attached hydrogens (primary N) is 1. The van der Waals surface area contributed by atoms with Crippen LogP contribution >= 0.6 is 0 Å². The Labute approximate surface area is 103 Å². The fourth-order valence-electron chi connectivity index (χ4n) is 1.89. The van der Waals surface area contributed by atoms with Crippen molar-refractivity contribution in [2.75, 3.05) is 13.1 Å². The lowest BCUT2D eigenvalue weighted by Crippen LogP contribution is -2.51. The molecule has 0 bridgehead atoms. The van der Waals surface area contributed by atoms with E-state index in [4.69, 9.17) is 15.7 Å². The number of nitriles is 1. The minimum Gasteiger partial charge on any atom is -0.444 e. The van der Waals surface area contributed by atoms with Crippen molar-refractivity contribution < 1.29 is 9.53 Å². The van der Waals surface area contributed by atoms with Gasteiger partial charge in [-0.2, -0.15) is 5.26 Å². The molecule has 1 aliphatic heterocycles. The van der Waals surface area contributed by atoms with E-state index in [2.05, 4.69) is 6.07 Å². The molecule has 1 heterocycles. The number of hydrogen-bond donors (Lipinski definition) is 1. The summed E-state index contributed by atoms with van der Waals surface area (Å²) in [6.07, 6.45) is 0.917. The third kappa shape index (κ3) is 4.23. The van der Waals surface area contributed by atoms with Gasteiger partial charge in [-0.15, -0.1) is 0 Å². The van der Waals surface area contributed by atoms with Crippen LogP contribution in [-0.4, -0.2) is 35.7 Å². The van der Waals surface area contributed by atoms with Crippen LogP contribution in [0.3, 0.4) is 0 Å². The highest BCUT2D eigenvalue weighted by Gasteiger charge is 2.31. The highest BCUT2D eigenvalue weighted by molar-refractivity contribution is 5.68. The highest BCUT2D eigenvalue weighted by Crippen LogP contribution is 2.21. The van der Waals surface area contributed by atoms with Gasteiger partial charge in [0.1, 0.15) is 5.60 Å². The smallest absolute Gasteiger partial charge is 0.410 e. The number of nitrogens with zero attached hydrogens (tertiary/aromatic N) is 2. The number of carbonyl (C=O) groups is 1. The second kappa shape index (κ2) is 5.37. The van der Waals surface area contributed by atoms with Crippen LogP contribution in [0.5, 0.6) is 0 Å². The van der Waals surface area contributed by atoms with Crippen molar-refractivity contribution in [1.29, 1.82) is 5.26 Å². The number of hydrogen-bond acceptors (Lipinski definition) is 4. The Hall–Kier alpha value is -1.28. The van der Waals surface area contributed by atoms with E-state index in [0.717, 1.165) is 6.42 Å². The summed E-state index contributed by atoms with van der Waals surface area (Å²) in [6, 6.07) is 2.01. The number of amides is 1. The molecule has 0 aromatic heterocycles. The van der Waals surface area contributed by atoms with E-state index in [1.165, 1.54) is 0 Å².